The Morgan fingerprint density at radius 3 is 0.942 bits per heavy atom. The molecule has 1 nitrogen and oxygen atoms in total. The van der Waals surface area contributed by atoms with Crippen LogP contribution in [0.4, 0.5) is 17.1 Å². The van der Waals surface area contributed by atoms with Gasteiger partial charge in [0.15, 0.2) is 0 Å². The third kappa shape index (κ3) is 5.65. The third-order valence-electron chi connectivity index (χ3n) is 15.3. The van der Waals surface area contributed by atoms with Crippen molar-refractivity contribution in [1.29, 1.82) is 0 Å². The van der Waals surface area contributed by atoms with Crippen molar-refractivity contribution in [2.24, 2.45) is 0 Å². The molecule has 0 saturated heterocycles. The fraction of sp³-hybridized carbons (Fsp3) is 0.0294. The van der Waals surface area contributed by atoms with Gasteiger partial charge in [0.05, 0.1) is 10.8 Å². The lowest BCUT2D eigenvalue weighted by Gasteiger charge is -2.49. The zero-order valence-electron chi connectivity index (χ0n) is 37.9. The van der Waals surface area contributed by atoms with Gasteiger partial charge in [0.2, 0.25) is 0 Å². The van der Waals surface area contributed by atoms with E-state index in [0.717, 1.165) is 17.1 Å². The van der Waals surface area contributed by atoms with E-state index in [0.29, 0.717) is 0 Å². The van der Waals surface area contributed by atoms with Gasteiger partial charge < -0.3 is 4.90 Å². The van der Waals surface area contributed by atoms with Crippen LogP contribution >= 0.6 is 0 Å². The van der Waals surface area contributed by atoms with Crippen LogP contribution in [0.2, 0.25) is 0 Å². The second kappa shape index (κ2) is 15.4. The molecule has 11 aromatic carbocycles. The largest absolute Gasteiger partial charge is 0.310 e. The molecule has 0 aromatic heterocycles. The number of nitrogens with zero attached hydrogens (tertiary/aromatic N) is 1. The molecule has 0 unspecified atom stereocenters. The molecule has 322 valence electrons. The maximum Gasteiger partial charge on any atom is 0.0720 e. The summed E-state index contributed by atoms with van der Waals surface area (Å²) in [6, 6.07) is 102. The Balaban J connectivity index is 1.05. The van der Waals surface area contributed by atoms with Crippen molar-refractivity contribution in [2.45, 2.75) is 10.8 Å². The summed E-state index contributed by atoms with van der Waals surface area (Å²) < 4.78 is 0. The summed E-state index contributed by atoms with van der Waals surface area (Å²) in [5.41, 5.74) is 25.1. The molecule has 0 atom stereocenters. The van der Waals surface area contributed by atoms with E-state index in [2.05, 4.69) is 278 Å². The summed E-state index contributed by atoms with van der Waals surface area (Å²) in [6.07, 6.45) is 0. The van der Waals surface area contributed by atoms with Crippen LogP contribution in [0.1, 0.15) is 44.5 Å². The predicted octanol–water partition coefficient (Wildman–Crippen LogP) is 17.2. The van der Waals surface area contributed by atoms with Crippen molar-refractivity contribution >= 4 is 17.1 Å². The Labute approximate surface area is 403 Å². The smallest absolute Gasteiger partial charge is 0.0720 e. The van der Waals surface area contributed by atoms with E-state index in [-0.39, 0.29) is 0 Å². The Hall–Kier alpha value is -8.78. The standard InChI is InChI=1S/C68H45N/c1-4-20-46(21-5-1)49-36-38-52(39-37-49)69(54-43-50(47-22-6-2-7-23-47)42-51(44-54)48-24-8-3-9-25-48)53-40-41-58-57-28-12-15-31-61(57)68(66(58)45-53)64-34-18-16-32-62(64)67(63-33-17-19-35-65(63)68)59-29-13-10-26-55(59)56-27-11-14-30-60(56)67/h1-45H. The number of benzene rings is 11. The summed E-state index contributed by atoms with van der Waals surface area (Å²) in [4.78, 5) is 2.48. The molecule has 0 bridgehead atoms. The molecular formula is C68H45N. The van der Waals surface area contributed by atoms with Gasteiger partial charge >= 0.3 is 0 Å². The molecule has 14 rings (SSSR count). The van der Waals surface area contributed by atoms with Crippen molar-refractivity contribution in [3.63, 3.8) is 0 Å². The van der Waals surface area contributed by atoms with Gasteiger partial charge in [0.25, 0.3) is 0 Å². The monoisotopic (exact) mass is 875 g/mol. The van der Waals surface area contributed by atoms with Crippen molar-refractivity contribution in [2.75, 3.05) is 4.90 Å². The maximum absolute atomic E-state index is 2.53. The SMILES string of the molecule is c1ccc(-c2ccc(N(c3cc(-c4ccccc4)cc(-c4ccccc4)c3)c3ccc4c(c3)C3(c5ccccc5-4)c4ccccc4C4(c5ccccc5-c5ccccc54)c4ccccc43)cc2)cc1. The zero-order valence-corrected chi connectivity index (χ0v) is 37.9. The molecule has 1 heteroatoms. The highest BCUT2D eigenvalue weighted by Crippen LogP contribution is 2.67. The molecule has 69 heavy (non-hydrogen) atoms. The number of hydrogen-bond donors (Lipinski definition) is 0. The molecule has 0 N–H and O–H groups in total. The first-order chi connectivity index (χ1) is 34.2. The summed E-state index contributed by atoms with van der Waals surface area (Å²) in [7, 11) is 0. The summed E-state index contributed by atoms with van der Waals surface area (Å²) in [6.45, 7) is 0. The molecule has 11 aromatic rings. The summed E-state index contributed by atoms with van der Waals surface area (Å²) >= 11 is 0. The second-order valence-corrected chi connectivity index (χ2v) is 18.7. The van der Waals surface area contributed by atoms with Crippen LogP contribution in [-0.4, -0.2) is 0 Å². The van der Waals surface area contributed by atoms with E-state index in [1.54, 1.807) is 0 Å². The van der Waals surface area contributed by atoms with E-state index in [1.165, 1.54) is 100 Å². The second-order valence-electron chi connectivity index (χ2n) is 18.7. The van der Waals surface area contributed by atoms with Gasteiger partial charge in [-0.3, -0.25) is 0 Å². The number of anilines is 3. The topological polar surface area (TPSA) is 3.24 Å². The van der Waals surface area contributed by atoms with Crippen LogP contribution in [0, 0.1) is 0 Å². The molecule has 0 aliphatic heterocycles. The average molecular weight is 876 g/mol. The predicted molar refractivity (Wildman–Crippen MR) is 286 cm³/mol. The van der Waals surface area contributed by atoms with Gasteiger partial charge in [0, 0.05) is 17.1 Å². The first-order valence-electron chi connectivity index (χ1n) is 24.1. The first-order valence-corrected chi connectivity index (χ1v) is 24.1. The van der Waals surface area contributed by atoms with Gasteiger partial charge in [-0.25, -0.2) is 0 Å². The molecular weight excluding hydrogens is 831 g/mol. The Morgan fingerprint density at radius 1 is 0.188 bits per heavy atom. The minimum Gasteiger partial charge on any atom is -0.310 e. The van der Waals surface area contributed by atoms with Crippen LogP contribution in [0.15, 0.2) is 273 Å². The lowest BCUT2D eigenvalue weighted by atomic mass is 9.52. The normalized spacial score (nSPS) is 13.7. The van der Waals surface area contributed by atoms with Crippen molar-refractivity contribution < 1.29 is 0 Å². The number of rotatable bonds is 6. The minimum atomic E-state index is -0.614. The number of fused-ring (bicyclic) bond motifs is 16. The summed E-state index contributed by atoms with van der Waals surface area (Å²) in [5.74, 6) is 0. The summed E-state index contributed by atoms with van der Waals surface area (Å²) in [5, 5.41) is 0. The van der Waals surface area contributed by atoms with Crippen molar-refractivity contribution in [1.82, 2.24) is 0 Å². The van der Waals surface area contributed by atoms with E-state index in [9.17, 15) is 0 Å². The van der Waals surface area contributed by atoms with Gasteiger partial charge in [-0.05, 0) is 143 Å². The molecule has 0 radical (unpaired) electrons. The molecule has 3 aliphatic rings. The van der Waals surface area contributed by atoms with Gasteiger partial charge in [-0.2, -0.15) is 0 Å². The van der Waals surface area contributed by atoms with E-state index in [1.807, 2.05) is 0 Å². The van der Waals surface area contributed by atoms with Crippen LogP contribution in [0.25, 0.3) is 55.6 Å². The highest BCUT2D eigenvalue weighted by Gasteiger charge is 2.58. The molecule has 0 saturated carbocycles. The van der Waals surface area contributed by atoms with Crippen molar-refractivity contribution in [3.8, 4) is 55.6 Å². The quantitative estimate of drug-likeness (QED) is 0.161. The highest BCUT2D eigenvalue weighted by atomic mass is 15.1. The molecule has 0 heterocycles. The van der Waals surface area contributed by atoms with E-state index >= 15 is 0 Å². The molecule has 3 aliphatic carbocycles. The lowest BCUT2D eigenvalue weighted by Crippen LogP contribution is -2.43. The molecule has 2 spiro atoms. The molecule has 0 fully saturated rings. The highest BCUT2D eigenvalue weighted by molar-refractivity contribution is 5.95. The van der Waals surface area contributed by atoms with Gasteiger partial charge in [-0.1, -0.05) is 231 Å². The van der Waals surface area contributed by atoms with Crippen LogP contribution in [0.3, 0.4) is 0 Å². The van der Waals surface area contributed by atoms with Crippen LogP contribution in [-0.2, 0) is 10.8 Å². The van der Waals surface area contributed by atoms with E-state index < -0.39 is 10.8 Å². The van der Waals surface area contributed by atoms with Crippen LogP contribution in [0.5, 0.6) is 0 Å². The fourth-order valence-corrected chi connectivity index (χ4v) is 12.6. The Kier molecular flexibility index (Phi) is 8.78. The molecule has 0 amide bonds. The zero-order chi connectivity index (χ0) is 45.5. The Morgan fingerprint density at radius 2 is 0.507 bits per heavy atom. The minimum absolute atomic E-state index is 0.501. The lowest BCUT2D eigenvalue weighted by molar-refractivity contribution is 0.633. The van der Waals surface area contributed by atoms with E-state index in [4.69, 9.17) is 0 Å². The third-order valence-corrected chi connectivity index (χ3v) is 15.3. The Bertz CT molecular complexity index is 3620. The number of hydrogen-bond acceptors (Lipinski definition) is 1. The van der Waals surface area contributed by atoms with Gasteiger partial charge in [-0.15, -0.1) is 0 Å². The maximum atomic E-state index is 2.53. The first kappa shape index (κ1) is 39.4. The average Bonchev–Trinajstić information content (AvgIpc) is 3.89. The van der Waals surface area contributed by atoms with Gasteiger partial charge in [0.1, 0.15) is 0 Å². The van der Waals surface area contributed by atoms with Crippen molar-refractivity contribution in [3.05, 3.63) is 317 Å². The fourth-order valence-electron chi connectivity index (χ4n) is 12.6. The van der Waals surface area contributed by atoms with Crippen LogP contribution < -0.4 is 4.90 Å².